The Hall–Kier alpha value is -6.45. The van der Waals surface area contributed by atoms with Crippen molar-refractivity contribution in [3.63, 3.8) is 0 Å². The van der Waals surface area contributed by atoms with Gasteiger partial charge in [0.05, 0.1) is 22.5 Å². The Morgan fingerprint density at radius 1 is 0.460 bits per heavy atom. The van der Waals surface area contributed by atoms with Gasteiger partial charge in [0.25, 0.3) is 0 Å². The molecule has 0 saturated heterocycles. The van der Waals surface area contributed by atoms with Crippen molar-refractivity contribution in [3.05, 3.63) is 221 Å². The van der Waals surface area contributed by atoms with Gasteiger partial charge in [0, 0.05) is 34.5 Å². The van der Waals surface area contributed by atoms with Crippen molar-refractivity contribution in [2.24, 2.45) is 4.99 Å². The number of aliphatic imine (C=N–C) groups is 1. The molecule has 236 valence electrons. The zero-order chi connectivity index (χ0) is 33.1. The maximum absolute atomic E-state index is 5.43. The van der Waals surface area contributed by atoms with Crippen LogP contribution in [0.4, 0.5) is 17.1 Å². The van der Waals surface area contributed by atoms with Crippen LogP contribution < -0.4 is 10.2 Å². The van der Waals surface area contributed by atoms with Gasteiger partial charge in [-0.1, -0.05) is 158 Å². The van der Waals surface area contributed by atoms with Crippen molar-refractivity contribution in [3.8, 4) is 11.1 Å². The van der Waals surface area contributed by atoms with Crippen molar-refractivity contribution >= 4 is 34.2 Å². The highest BCUT2D eigenvalue weighted by Gasteiger charge is 2.53. The van der Waals surface area contributed by atoms with E-state index in [9.17, 15) is 0 Å². The van der Waals surface area contributed by atoms with Crippen molar-refractivity contribution in [1.82, 2.24) is 5.32 Å². The zero-order valence-corrected chi connectivity index (χ0v) is 27.4. The quantitative estimate of drug-likeness (QED) is 0.208. The number of hydrogen-bond donors (Lipinski definition) is 1. The standard InChI is InChI=1S/C47H33N3/c1-4-17-32(18-5-1)45-38(31-48-46(49-45)33-19-6-2-7-20-33)37-25-16-30-43-44(37)47(39-26-12-10-23-35(39)36-24-11-13-27-40(36)47)41-28-14-15-29-42(41)50(43)34-21-8-3-9-22-34/h1-30H,31H2,(H,48,49). The molecule has 7 aromatic rings. The summed E-state index contributed by atoms with van der Waals surface area (Å²) >= 11 is 0. The topological polar surface area (TPSA) is 27.6 Å². The molecule has 0 aromatic heterocycles. The first-order chi connectivity index (χ1) is 24.8. The highest BCUT2D eigenvalue weighted by molar-refractivity contribution is 6.10. The average molecular weight is 640 g/mol. The van der Waals surface area contributed by atoms with Crippen LogP contribution in [-0.4, -0.2) is 12.4 Å². The Morgan fingerprint density at radius 3 is 1.66 bits per heavy atom. The van der Waals surface area contributed by atoms with Crippen LogP contribution in [0.2, 0.25) is 0 Å². The van der Waals surface area contributed by atoms with E-state index in [2.05, 4.69) is 192 Å². The molecule has 50 heavy (non-hydrogen) atoms. The van der Waals surface area contributed by atoms with Crippen LogP contribution in [-0.2, 0) is 5.41 Å². The molecule has 0 bridgehead atoms. The van der Waals surface area contributed by atoms with E-state index in [1.165, 1.54) is 55.9 Å². The number of rotatable bonds is 4. The molecule has 0 amide bonds. The SMILES string of the molecule is c1ccc(C2=NC(c3ccccc3)=C(c3cccc4c3C3(c5ccccc5-c5ccccc53)c3ccccc3N4c3ccccc3)CN2)cc1. The molecular weight excluding hydrogens is 607 g/mol. The molecule has 3 nitrogen and oxygen atoms in total. The number of hydrogen-bond acceptors (Lipinski definition) is 3. The first-order valence-corrected chi connectivity index (χ1v) is 17.3. The number of amidine groups is 1. The summed E-state index contributed by atoms with van der Waals surface area (Å²) in [6.07, 6.45) is 0. The lowest BCUT2D eigenvalue weighted by Crippen LogP contribution is -2.38. The predicted octanol–water partition coefficient (Wildman–Crippen LogP) is 10.8. The van der Waals surface area contributed by atoms with E-state index in [0.717, 1.165) is 28.3 Å². The Bertz CT molecular complexity index is 2430. The maximum atomic E-state index is 5.43. The van der Waals surface area contributed by atoms with Crippen LogP contribution in [0.3, 0.4) is 0 Å². The van der Waals surface area contributed by atoms with Gasteiger partial charge < -0.3 is 10.2 Å². The summed E-state index contributed by atoms with van der Waals surface area (Å²) in [5.41, 5.74) is 16.3. The van der Waals surface area contributed by atoms with Gasteiger partial charge >= 0.3 is 0 Å². The van der Waals surface area contributed by atoms with Gasteiger partial charge in [-0.3, -0.25) is 0 Å². The normalized spacial score (nSPS) is 15.0. The number of nitrogens with one attached hydrogen (secondary N) is 1. The van der Waals surface area contributed by atoms with E-state index in [4.69, 9.17) is 4.99 Å². The van der Waals surface area contributed by atoms with Gasteiger partial charge in [-0.05, 0) is 57.6 Å². The second kappa shape index (κ2) is 11.3. The summed E-state index contributed by atoms with van der Waals surface area (Å²) in [5.74, 6) is 0.889. The van der Waals surface area contributed by atoms with Crippen molar-refractivity contribution in [1.29, 1.82) is 0 Å². The fraction of sp³-hybridized carbons (Fsp3) is 0.0426. The highest BCUT2D eigenvalue weighted by Crippen LogP contribution is 2.64. The molecule has 1 spiro atoms. The van der Waals surface area contributed by atoms with Gasteiger partial charge in [-0.25, -0.2) is 4.99 Å². The number of nitrogens with zero attached hydrogens (tertiary/aromatic N) is 2. The summed E-state index contributed by atoms with van der Waals surface area (Å²) in [6.45, 7) is 0.640. The molecule has 0 unspecified atom stereocenters. The minimum atomic E-state index is -0.556. The van der Waals surface area contributed by atoms with Gasteiger partial charge in [-0.2, -0.15) is 0 Å². The van der Waals surface area contributed by atoms with Gasteiger partial charge in [0.15, 0.2) is 0 Å². The first kappa shape index (κ1) is 28.6. The van der Waals surface area contributed by atoms with Crippen LogP contribution in [0, 0.1) is 0 Å². The molecular formula is C47H33N3. The Kier molecular flexibility index (Phi) is 6.47. The van der Waals surface area contributed by atoms with Crippen molar-refractivity contribution in [2.75, 3.05) is 11.4 Å². The fourth-order valence-corrected chi connectivity index (χ4v) is 8.57. The van der Waals surface area contributed by atoms with E-state index in [0.29, 0.717) is 6.54 Å². The van der Waals surface area contributed by atoms with E-state index in [-0.39, 0.29) is 0 Å². The number of para-hydroxylation sites is 2. The molecule has 2 heterocycles. The van der Waals surface area contributed by atoms with Gasteiger partial charge in [0.1, 0.15) is 5.84 Å². The molecule has 0 fully saturated rings. The van der Waals surface area contributed by atoms with Crippen LogP contribution in [0.5, 0.6) is 0 Å². The fourth-order valence-electron chi connectivity index (χ4n) is 8.57. The Labute approximate surface area is 292 Å². The Balaban J connectivity index is 1.36. The van der Waals surface area contributed by atoms with Gasteiger partial charge in [0.2, 0.25) is 0 Å². The lowest BCUT2D eigenvalue weighted by atomic mass is 9.62. The van der Waals surface area contributed by atoms with E-state index in [1.54, 1.807) is 0 Å². The number of fused-ring (bicyclic) bond motifs is 9. The van der Waals surface area contributed by atoms with Crippen LogP contribution in [0.25, 0.3) is 22.4 Å². The largest absolute Gasteiger partial charge is 0.365 e. The third-order valence-corrected chi connectivity index (χ3v) is 10.5. The predicted molar refractivity (Wildman–Crippen MR) is 206 cm³/mol. The minimum Gasteiger partial charge on any atom is -0.365 e. The zero-order valence-electron chi connectivity index (χ0n) is 27.4. The molecule has 1 N–H and O–H groups in total. The summed E-state index contributed by atoms with van der Waals surface area (Å²) in [5, 5.41) is 3.75. The summed E-state index contributed by atoms with van der Waals surface area (Å²) in [6, 6.07) is 65.8. The van der Waals surface area contributed by atoms with E-state index >= 15 is 0 Å². The van der Waals surface area contributed by atoms with Crippen LogP contribution in [0.1, 0.15) is 38.9 Å². The summed E-state index contributed by atoms with van der Waals surface area (Å²) < 4.78 is 0. The lowest BCUT2D eigenvalue weighted by Gasteiger charge is -2.46. The molecule has 2 aliphatic heterocycles. The third kappa shape index (κ3) is 4.07. The molecule has 3 aliphatic rings. The van der Waals surface area contributed by atoms with Crippen molar-refractivity contribution in [2.45, 2.75) is 5.41 Å². The smallest absolute Gasteiger partial charge is 0.134 e. The monoisotopic (exact) mass is 639 g/mol. The highest BCUT2D eigenvalue weighted by atomic mass is 15.2. The second-order valence-corrected chi connectivity index (χ2v) is 13.1. The van der Waals surface area contributed by atoms with Crippen LogP contribution >= 0.6 is 0 Å². The first-order valence-electron chi connectivity index (χ1n) is 17.3. The summed E-state index contributed by atoms with van der Waals surface area (Å²) in [4.78, 5) is 7.88. The molecule has 3 heteroatoms. The lowest BCUT2D eigenvalue weighted by molar-refractivity contribution is 0.749. The molecule has 0 radical (unpaired) electrons. The number of anilines is 3. The minimum absolute atomic E-state index is 0.556. The van der Waals surface area contributed by atoms with Gasteiger partial charge in [-0.15, -0.1) is 0 Å². The van der Waals surface area contributed by atoms with E-state index in [1.807, 2.05) is 0 Å². The molecule has 0 saturated carbocycles. The Morgan fingerprint density at radius 2 is 0.980 bits per heavy atom. The maximum Gasteiger partial charge on any atom is 0.134 e. The molecule has 0 atom stereocenters. The average Bonchev–Trinajstić information content (AvgIpc) is 3.49. The van der Waals surface area contributed by atoms with E-state index < -0.39 is 5.41 Å². The van der Waals surface area contributed by atoms with Crippen LogP contribution in [0.15, 0.2) is 187 Å². The summed E-state index contributed by atoms with van der Waals surface area (Å²) in [7, 11) is 0. The molecule has 10 rings (SSSR count). The number of benzene rings is 7. The van der Waals surface area contributed by atoms with Crippen molar-refractivity contribution < 1.29 is 0 Å². The molecule has 7 aromatic carbocycles. The molecule has 1 aliphatic carbocycles. The second-order valence-electron chi connectivity index (χ2n) is 13.1. The third-order valence-electron chi connectivity index (χ3n) is 10.5.